The molecule has 0 aromatic heterocycles. The predicted octanol–water partition coefficient (Wildman–Crippen LogP) is 1.92. The van der Waals surface area contributed by atoms with Crippen LogP contribution in [0.4, 0.5) is 0 Å². The maximum Gasteiger partial charge on any atom is 0.223 e. The van der Waals surface area contributed by atoms with E-state index in [-0.39, 0.29) is 11.4 Å². The van der Waals surface area contributed by atoms with Crippen LogP contribution in [0.15, 0.2) is 0 Å². The largest absolute Gasteiger partial charge is 0.377 e. The molecule has 2 atom stereocenters. The third-order valence-corrected chi connectivity index (χ3v) is 4.54. The molecule has 0 spiro atoms. The van der Waals surface area contributed by atoms with E-state index < -0.39 is 0 Å². The maximum atomic E-state index is 12.4. The van der Waals surface area contributed by atoms with E-state index >= 15 is 0 Å². The Balaban J connectivity index is 1.80. The second kappa shape index (κ2) is 6.23. The van der Waals surface area contributed by atoms with Crippen LogP contribution >= 0.6 is 0 Å². The van der Waals surface area contributed by atoms with Crippen molar-refractivity contribution >= 4 is 5.91 Å². The van der Waals surface area contributed by atoms with E-state index in [1.165, 1.54) is 12.8 Å². The summed E-state index contributed by atoms with van der Waals surface area (Å²) >= 11 is 0. The van der Waals surface area contributed by atoms with Crippen LogP contribution in [-0.4, -0.2) is 42.1 Å². The summed E-state index contributed by atoms with van der Waals surface area (Å²) in [4.78, 5) is 14.4. The topological polar surface area (TPSA) is 55.6 Å². The lowest BCUT2D eigenvalue weighted by molar-refractivity contribution is -0.146. The molecule has 1 saturated carbocycles. The van der Waals surface area contributed by atoms with Crippen LogP contribution in [0.3, 0.4) is 0 Å². The molecule has 4 heteroatoms. The minimum absolute atomic E-state index is 0.154. The quantitative estimate of drug-likeness (QED) is 0.851. The van der Waals surface area contributed by atoms with Crippen molar-refractivity contribution in [3.05, 3.63) is 0 Å². The first kappa shape index (κ1) is 14.8. The van der Waals surface area contributed by atoms with Crippen molar-refractivity contribution in [2.45, 2.75) is 64.0 Å². The van der Waals surface area contributed by atoms with Gasteiger partial charge in [-0.05, 0) is 39.0 Å². The van der Waals surface area contributed by atoms with Crippen LogP contribution in [0.2, 0.25) is 0 Å². The van der Waals surface area contributed by atoms with Gasteiger partial charge in [0.15, 0.2) is 0 Å². The van der Waals surface area contributed by atoms with Crippen molar-refractivity contribution in [3.8, 4) is 0 Å². The standard InChI is InChI=1S/C15H28N2O2/c1-15(2)11-19-9-8-17(15)14(18)7-6-12-4-3-5-13(16)10-12/h12-13H,3-11,16H2,1-2H3. The molecule has 1 heterocycles. The number of hydrogen-bond acceptors (Lipinski definition) is 3. The Kier molecular flexibility index (Phi) is 4.85. The highest BCUT2D eigenvalue weighted by molar-refractivity contribution is 5.77. The molecular weight excluding hydrogens is 240 g/mol. The molecule has 1 saturated heterocycles. The predicted molar refractivity (Wildman–Crippen MR) is 75.8 cm³/mol. The number of amides is 1. The normalized spacial score (nSPS) is 31.2. The highest BCUT2D eigenvalue weighted by atomic mass is 16.5. The third-order valence-electron chi connectivity index (χ3n) is 4.54. The molecule has 0 bridgehead atoms. The average Bonchev–Trinajstić information content (AvgIpc) is 2.35. The highest BCUT2D eigenvalue weighted by Gasteiger charge is 2.34. The van der Waals surface area contributed by atoms with Gasteiger partial charge >= 0.3 is 0 Å². The number of carbonyl (C=O) groups excluding carboxylic acids is 1. The van der Waals surface area contributed by atoms with E-state index in [0.717, 1.165) is 25.8 Å². The molecule has 0 aromatic rings. The molecule has 0 radical (unpaired) electrons. The van der Waals surface area contributed by atoms with E-state index in [0.29, 0.717) is 31.6 Å². The summed E-state index contributed by atoms with van der Waals surface area (Å²) in [5, 5.41) is 0. The van der Waals surface area contributed by atoms with Crippen molar-refractivity contribution < 1.29 is 9.53 Å². The summed E-state index contributed by atoms with van der Waals surface area (Å²) in [5.74, 6) is 0.935. The molecule has 2 N–H and O–H groups in total. The fourth-order valence-corrected chi connectivity index (χ4v) is 3.38. The fraction of sp³-hybridized carbons (Fsp3) is 0.933. The smallest absolute Gasteiger partial charge is 0.223 e. The van der Waals surface area contributed by atoms with Gasteiger partial charge in [-0.15, -0.1) is 0 Å². The van der Waals surface area contributed by atoms with Gasteiger partial charge in [0.05, 0.1) is 18.8 Å². The lowest BCUT2D eigenvalue weighted by atomic mass is 9.83. The molecule has 2 aliphatic rings. The Bertz CT molecular complexity index is 317. The second-order valence-corrected chi connectivity index (χ2v) is 6.74. The van der Waals surface area contributed by atoms with Crippen molar-refractivity contribution in [1.82, 2.24) is 4.90 Å². The van der Waals surface area contributed by atoms with Gasteiger partial charge in [-0.1, -0.05) is 12.8 Å². The first-order valence-corrected chi connectivity index (χ1v) is 7.63. The van der Waals surface area contributed by atoms with Crippen molar-refractivity contribution in [3.63, 3.8) is 0 Å². The summed E-state index contributed by atoms with van der Waals surface area (Å²) in [7, 11) is 0. The zero-order valence-corrected chi connectivity index (χ0v) is 12.4. The molecule has 4 nitrogen and oxygen atoms in total. The van der Waals surface area contributed by atoms with Crippen LogP contribution < -0.4 is 5.73 Å². The number of nitrogens with two attached hydrogens (primary N) is 1. The van der Waals surface area contributed by atoms with Crippen LogP contribution in [-0.2, 0) is 9.53 Å². The average molecular weight is 268 g/mol. The molecule has 0 aromatic carbocycles. The lowest BCUT2D eigenvalue weighted by Crippen LogP contribution is -2.55. The van der Waals surface area contributed by atoms with E-state index in [1.54, 1.807) is 0 Å². The summed E-state index contributed by atoms with van der Waals surface area (Å²) < 4.78 is 5.46. The van der Waals surface area contributed by atoms with Crippen LogP contribution in [0, 0.1) is 5.92 Å². The molecule has 2 fully saturated rings. The van der Waals surface area contributed by atoms with Crippen molar-refractivity contribution in [2.24, 2.45) is 11.7 Å². The Morgan fingerprint density at radius 3 is 2.89 bits per heavy atom. The first-order chi connectivity index (χ1) is 8.99. The second-order valence-electron chi connectivity index (χ2n) is 6.74. The van der Waals surface area contributed by atoms with Gasteiger partial charge in [0.2, 0.25) is 5.91 Å². The minimum Gasteiger partial charge on any atom is -0.377 e. The molecule has 1 amide bonds. The molecule has 1 aliphatic carbocycles. The zero-order valence-electron chi connectivity index (χ0n) is 12.4. The Morgan fingerprint density at radius 1 is 1.42 bits per heavy atom. The lowest BCUT2D eigenvalue weighted by Gasteiger charge is -2.42. The first-order valence-electron chi connectivity index (χ1n) is 7.63. The summed E-state index contributed by atoms with van der Waals surface area (Å²) in [5.41, 5.74) is 5.85. The molecule has 1 aliphatic heterocycles. The van der Waals surface area contributed by atoms with Crippen LogP contribution in [0.1, 0.15) is 52.4 Å². The number of hydrogen-bond donors (Lipinski definition) is 1. The maximum absolute atomic E-state index is 12.4. The van der Waals surface area contributed by atoms with Crippen LogP contribution in [0.5, 0.6) is 0 Å². The SMILES string of the molecule is CC1(C)COCCN1C(=O)CCC1CCCC(N)C1. The number of carbonyl (C=O) groups is 1. The summed E-state index contributed by atoms with van der Waals surface area (Å²) in [6, 6.07) is 0.355. The highest BCUT2D eigenvalue weighted by Crippen LogP contribution is 2.28. The third kappa shape index (κ3) is 3.93. The Labute approximate surface area is 116 Å². The fourth-order valence-electron chi connectivity index (χ4n) is 3.38. The van der Waals surface area contributed by atoms with Gasteiger partial charge < -0.3 is 15.4 Å². The van der Waals surface area contributed by atoms with Crippen LogP contribution in [0.25, 0.3) is 0 Å². The summed E-state index contributed by atoms with van der Waals surface area (Å²) in [6.07, 6.45) is 6.39. The summed E-state index contributed by atoms with van der Waals surface area (Å²) in [6.45, 7) is 6.22. The molecule has 110 valence electrons. The van der Waals surface area contributed by atoms with Gasteiger partial charge in [-0.3, -0.25) is 4.79 Å². The van der Waals surface area contributed by atoms with E-state index in [4.69, 9.17) is 10.5 Å². The van der Waals surface area contributed by atoms with Gasteiger partial charge in [-0.25, -0.2) is 0 Å². The number of morpholine rings is 1. The van der Waals surface area contributed by atoms with Gasteiger partial charge in [-0.2, -0.15) is 0 Å². The molecular formula is C15H28N2O2. The van der Waals surface area contributed by atoms with Gasteiger partial charge in [0.1, 0.15) is 0 Å². The zero-order chi connectivity index (χ0) is 13.9. The molecule has 2 unspecified atom stereocenters. The minimum atomic E-state index is -0.154. The van der Waals surface area contributed by atoms with Gasteiger partial charge in [0, 0.05) is 19.0 Å². The van der Waals surface area contributed by atoms with E-state index in [1.807, 2.05) is 4.90 Å². The number of ether oxygens (including phenoxy) is 1. The van der Waals surface area contributed by atoms with Gasteiger partial charge in [0.25, 0.3) is 0 Å². The molecule has 19 heavy (non-hydrogen) atoms. The molecule has 2 rings (SSSR count). The van der Waals surface area contributed by atoms with Crippen molar-refractivity contribution in [1.29, 1.82) is 0 Å². The number of rotatable bonds is 3. The van der Waals surface area contributed by atoms with Crippen molar-refractivity contribution in [2.75, 3.05) is 19.8 Å². The van der Waals surface area contributed by atoms with E-state index in [2.05, 4.69) is 13.8 Å². The Morgan fingerprint density at radius 2 is 2.21 bits per heavy atom. The monoisotopic (exact) mass is 268 g/mol. The van der Waals surface area contributed by atoms with E-state index in [9.17, 15) is 4.79 Å². The Hall–Kier alpha value is -0.610. The number of nitrogens with zero attached hydrogens (tertiary/aromatic N) is 1.